The zero-order valence-corrected chi connectivity index (χ0v) is 27.3. The minimum atomic E-state index is -0.682. The van der Waals surface area contributed by atoms with E-state index in [1.54, 1.807) is 42.7 Å². The van der Waals surface area contributed by atoms with Crippen molar-refractivity contribution in [2.75, 3.05) is 13.7 Å². The van der Waals surface area contributed by atoms with Crippen molar-refractivity contribution in [3.63, 3.8) is 0 Å². The number of non-ortho nitro benzene ring substituents is 1. The van der Waals surface area contributed by atoms with Gasteiger partial charge in [-0.2, -0.15) is 0 Å². The number of nitro groups is 1. The van der Waals surface area contributed by atoms with E-state index in [9.17, 15) is 19.7 Å². The van der Waals surface area contributed by atoms with Gasteiger partial charge in [0.05, 0.1) is 44.1 Å². The molecule has 0 amide bonds. The Labute approximate surface area is 270 Å². The van der Waals surface area contributed by atoms with Gasteiger partial charge < -0.3 is 14.2 Å². The fourth-order valence-corrected chi connectivity index (χ4v) is 6.67. The lowest BCUT2D eigenvalue weighted by atomic mass is 9.95. The molecule has 0 aliphatic carbocycles. The minimum Gasteiger partial charge on any atom is -0.493 e. The number of fused-ring (bicyclic) bond motifs is 1. The van der Waals surface area contributed by atoms with E-state index >= 15 is 0 Å². The summed E-state index contributed by atoms with van der Waals surface area (Å²) in [6.45, 7) is 5.86. The van der Waals surface area contributed by atoms with Crippen LogP contribution in [0.15, 0.2) is 81.7 Å². The maximum atomic E-state index is 13.9. The van der Waals surface area contributed by atoms with E-state index in [4.69, 9.17) is 14.2 Å². The first-order valence-corrected chi connectivity index (χ1v) is 15.5. The first-order chi connectivity index (χ1) is 21.1. The van der Waals surface area contributed by atoms with Crippen LogP contribution in [0.25, 0.3) is 6.08 Å². The molecule has 0 radical (unpaired) electrons. The van der Waals surface area contributed by atoms with E-state index < -0.39 is 16.9 Å². The lowest BCUT2D eigenvalue weighted by Crippen LogP contribution is -2.39. The van der Waals surface area contributed by atoms with Crippen molar-refractivity contribution in [2.24, 2.45) is 4.99 Å². The summed E-state index contributed by atoms with van der Waals surface area (Å²) < 4.78 is 19.8. The van der Waals surface area contributed by atoms with E-state index in [-0.39, 0.29) is 24.5 Å². The van der Waals surface area contributed by atoms with Gasteiger partial charge in [0.2, 0.25) is 0 Å². The number of nitro benzene ring substituents is 1. The Morgan fingerprint density at radius 3 is 2.48 bits per heavy atom. The second-order valence-electron chi connectivity index (χ2n) is 9.96. The molecule has 0 unspecified atom stereocenters. The van der Waals surface area contributed by atoms with Crippen LogP contribution in [0.5, 0.6) is 11.5 Å². The molecule has 0 saturated heterocycles. The second kappa shape index (κ2) is 13.1. The van der Waals surface area contributed by atoms with E-state index in [1.807, 2.05) is 37.3 Å². The zero-order valence-electron chi connectivity index (χ0n) is 24.3. The predicted octanol–water partition coefficient (Wildman–Crippen LogP) is 5.21. The predicted molar refractivity (Wildman–Crippen MR) is 175 cm³/mol. The largest absolute Gasteiger partial charge is 0.493 e. The molecule has 0 N–H and O–H groups in total. The molecule has 3 aromatic carbocycles. The number of carbonyl (C=O) groups is 1. The smallest absolute Gasteiger partial charge is 0.338 e. The van der Waals surface area contributed by atoms with Crippen molar-refractivity contribution in [1.82, 2.24) is 4.57 Å². The number of thiazole rings is 1. The Hall–Kier alpha value is -4.30. The molecular weight excluding hydrogens is 697 g/mol. The Bertz CT molecular complexity index is 1960. The average molecular weight is 726 g/mol. The molecule has 0 spiro atoms. The van der Waals surface area contributed by atoms with E-state index in [0.717, 1.165) is 20.3 Å². The van der Waals surface area contributed by atoms with Crippen LogP contribution in [0.2, 0.25) is 0 Å². The lowest BCUT2D eigenvalue weighted by molar-refractivity contribution is -0.384. The molecule has 0 saturated carbocycles. The average Bonchev–Trinajstić information content (AvgIpc) is 3.30. The molecule has 12 heteroatoms. The molecule has 0 fully saturated rings. The normalized spacial score (nSPS) is 14.6. The van der Waals surface area contributed by atoms with Gasteiger partial charge in [0.25, 0.3) is 11.2 Å². The maximum Gasteiger partial charge on any atom is 0.338 e. The summed E-state index contributed by atoms with van der Waals surface area (Å²) in [5.41, 5.74) is 3.89. The molecule has 0 bridgehead atoms. The van der Waals surface area contributed by atoms with Crippen LogP contribution >= 0.6 is 33.9 Å². The standard InChI is InChI=1S/C32H28IN3O7S/c1-5-42-31(38)27-19(3)34-32-35(28(27)22-10-6-18(2)7-11-22)30(37)26(44-32)16-21-14-24(33)29(25(15-21)41-4)43-17-20-8-12-23(13-9-20)36(39)40/h6-16,28H,5,17H2,1-4H3/b26-16+/t28-/m1/s1. The molecule has 1 atom stereocenters. The zero-order chi connectivity index (χ0) is 31.5. The first kappa shape index (κ1) is 31.1. The Morgan fingerprint density at radius 1 is 1.14 bits per heavy atom. The van der Waals surface area contributed by atoms with Gasteiger partial charge >= 0.3 is 5.97 Å². The van der Waals surface area contributed by atoms with Crippen molar-refractivity contribution in [1.29, 1.82) is 0 Å². The van der Waals surface area contributed by atoms with E-state index in [2.05, 4.69) is 27.6 Å². The van der Waals surface area contributed by atoms with Gasteiger partial charge in [-0.15, -0.1) is 0 Å². The number of halogens is 1. The van der Waals surface area contributed by atoms with Gasteiger partial charge in [-0.25, -0.2) is 9.79 Å². The molecule has 4 aromatic rings. The summed E-state index contributed by atoms with van der Waals surface area (Å²) in [5.74, 6) is 0.479. The van der Waals surface area contributed by atoms with E-state index in [0.29, 0.717) is 37.7 Å². The van der Waals surface area contributed by atoms with Crippen molar-refractivity contribution >= 4 is 51.7 Å². The van der Waals surface area contributed by atoms with Crippen molar-refractivity contribution in [3.8, 4) is 11.5 Å². The second-order valence-corrected chi connectivity index (χ2v) is 12.1. The molecule has 226 valence electrons. The monoisotopic (exact) mass is 725 g/mol. The van der Waals surface area contributed by atoms with Crippen LogP contribution in [0, 0.1) is 20.6 Å². The van der Waals surface area contributed by atoms with Crippen LogP contribution < -0.4 is 24.4 Å². The van der Waals surface area contributed by atoms with Gasteiger partial charge in [-0.05, 0) is 90.4 Å². The molecule has 44 heavy (non-hydrogen) atoms. The number of benzene rings is 3. The Morgan fingerprint density at radius 2 is 1.84 bits per heavy atom. The number of carbonyl (C=O) groups excluding carboxylic acids is 1. The topological polar surface area (TPSA) is 122 Å². The third-order valence-corrected chi connectivity index (χ3v) is 8.77. The highest BCUT2D eigenvalue weighted by Gasteiger charge is 2.33. The number of rotatable bonds is 9. The number of hydrogen-bond donors (Lipinski definition) is 0. The third kappa shape index (κ3) is 6.31. The van der Waals surface area contributed by atoms with Crippen LogP contribution in [0.3, 0.4) is 0 Å². The number of nitrogens with zero attached hydrogens (tertiary/aromatic N) is 3. The van der Waals surface area contributed by atoms with Crippen LogP contribution in [0.4, 0.5) is 5.69 Å². The number of ether oxygens (including phenoxy) is 3. The van der Waals surface area contributed by atoms with Gasteiger partial charge in [-0.3, -0.25) is 19.5 Å². The fraction of sp³-hybridized carbons (Fsp3) is 0.219. The summed E-state index contributed by atoms with van der Waals surface area (Å²) in [4.78, 5) is 42.6. The van der Waals surface area contributed by atoms with E-state index in [1.165, 1.54) is 30.6 Å². The highest BCUT2D eigenvalue weighted by atomic mass is 127. The first-order valence-electron chi connectivity index (χ1n) is 13.6. The van der Waals surface area contributed by atoms with Gasteiger partial charge in [-0.1, -0.05) is 41.2 Å². The summed E-state index contributed by atoms with van der Waals surface area (Å²) in [6, 6.07) is 16.8. The van der Waals surface area contributed by atoms with Crippen LogP contribution in [0.1, 0.15) is 42.1 Å². The molecule has 1 aromatic heterocycles. The molecular formula is C32H28IN3O7S. The summed E-state index contributed by atoms with van der Waals surface area (Å²) in [7, 11) is 1.53. The molecule has 5 rings (SSSR count). The van der Waals surface area contributed by atoms with Gasteiger partial charge in [0.1, 0.15) is 6.61 Å². The van der Waals surface area contributed by atoms with Crippen molar-refractivity contribution in [3.05, 3.63) is 128 Å². The van der Waals surface area contributed by atoms with Crippen LogP contribution in [-0.4, -0.2) is 29.2 Å². The third-order valence-electron chi connectivity index (χ3n) is 6.99. The Balaban J connectivity index is 1.53. The fourth-order valence-electron chi connectivity index (χ4n) is 4.84. The molecule has 10 nitrogen and oxygen atoms in total. The SMILES string of the molecule is CCOC(=O)C1=C(C)N=c2s/c(=C/c3cc(I)c(OCc4ccc([N+](=O)[O-])cc4)c(OC)c3)c(=O)n2[C@@H]1c1ccc(C)cc1. The van der Waals surface area contributed by atoms with Crippen molar-refractivity contribution < 1.29 is 23.9 Å². The molecule has 2 heterocycles. The minimum absolute atomic E-state index is 0.00741. The van der Waals surface area contributed by atoms with Gasteiger partial charge in [0, 0.05) is 12.1 Å². The van der Waals surface area contributed by atoms with Gasteiger partial charge in [0.15, 0.2) is 16.3 Å². The van der Waals surface area contributed by atoms with Crippen LogP contribution in [-0.2, 0) is 16.1 Å². The quantitative estimate of drug-likeness (QED) is 0.101. The summed E-state index contributed by atoms with van der Waals surface area (Å²) in [5, 5.41) is 10.9. The number of methoxy groups -OCH3 is 1. The number of hydrogen-bond acceptors (Lipinski definition) is 9. The highest BCUT2D eigenvalue weighted by Crippen LogP contribution is 2.35. The number of aromatic nitrogens is 1. The lowest BCUT2D eigenvalue weighted by Gasteiger charge is -2.24. The van der Waals surface area contributed by atoms with Crippen molar-refractivity contribution in [2.45, 2.75) is 33.4 Å². The number of allylic oxidation sites excluding steroid dienone is 1. The molecule has 1 aliphatic rings. The summed E-state index contributed by atoms with van der Waals surface area (Å²) in [6.07, 6.45) is 1.77. The summed E-state index contributed by atoms with van der Waals surface area (Å²) >= 11 is 3.39. The Kier molecular flexibility index (Phi) is 9.30. The highest BCUT2D eigenvalue weighted by molar-refractivity contribution is 14.1. The number of aryl methyl sites for hydroxylation is 1. The maximum absolute atomic E-state index is 13.9. The number of esters is 1. The molecule has 1 aliphatic heterocycles.